The van der Waals surface area contributed by atoms with Gasteiger partial charge in [0, 0.05) is 19.8 Å². The highest BCUT2D eigenvalue weighted by molar-refractivity contribution is 7.88. The van der Waals surface area contributed by atoms with E-state index in [-0.39, 0.29) is 5.75 Å². The molecule has 21 heavy (non-hydrogen) atoms. The highest BCUT2D eigenvalue weighted by Crippen LogP contribution is 2.10. The number of nitrogens with zero attached hydrogens (tertiary/aromatic N) is 3. The summed E-state index contributed by atoms with van der Waals surface area (Å²) in [6.45, 7) is 0.308. The van der Waals surface area contributed by atoms with Crippen LogP contribution in [0.25, 0.3) is 0 Å². The normalized spacial score (nSPS) is 11.2. The molecule has 0 amide bonds. The number of hydrogen-bond donors (Lipinski definition) is 1. The molecule has 2 rings (SSSR count). The Morgan fingerprint density at radius 3 is 2.81 bits per heavy atom. The van der Waals surface area contributed by atoms with E-state index in [1.807, 2.05) is 19.3 Å². The minimum absolute atomic E-state index is 0.191. The van der Waals surface area contributed by atoms with E-state index in [2.05, 4.69) is 9.82 Å². The second-order valence-corrected chi connectivity index (χ2v) is 6.50. The summed E-state index contributed by atoms with van der Waals surface area (Å²) in [5.41, 5.74) is 1.86. The Labute approximate surface area is 124 Å². The van der Waals surface area contributed by atoms with E-state index in [9.17, 15) is 8.42 Å². The van der Waals surface area contributed by atoms with Gasteiger partial charge in [0.25, 0.3) is 0 Å². The first kappa shape index (κ1) is 15.2. The zero-order valence-electron chi connectivity index (χ0n) is 11.7. The first-order valence-electron chi connectivity index (χ1n) is 6.43. The molecule has 110 valence electrons. The summed E-state index contributed by atoms with van der Waals surface area (Å²) in [7, 11) is -1.65. The summed E-state index contributed by atoms with van der Waals surface area (Å²) in [5.74, 6) is -0.191. The van der Waals surface area contributed by atoms with Crippen LogP contribution in [0.1, 0.15) is 16.7 Å². The first-order chi connectivity index (χ1) is 10.00. The number of sulfonamides is 1. The summed E-state index contributed by atoms with van der Waals surface area (Å²) >= 11 is 0. The van der Waals surface area contributed by atoms with Crippen LogP contribution >= 0.6 is 0 Å². The number of hydrogen-bond acceptors (Lipinski definition) is 4. The standard InChI is InChI=1S/C14H16N4O2S/c1-18-10-12(9-16-18)6-7-17-21(19,20)11-14-5-3-2-4-13(14)8-15/h2-5,9-10,17H,6-7,11H2,1H3. The van der Waals surface area contributed by atoms with Crippen LogP contribution in [-0.4, -0.2) is 24.7 Å². The lowest BCUT2D eigenvalue weighted by Gasteiger charge is -2.07. The summed E-state index contributed by atoms with van der Waals surface area (Å²) in [6, 6.07) is 8.70. The Morgan fingerprint density at radius 2 is 2.14 bits per heavy atom. The topological polar surface area (TPSA) is 87.8 Å². The SMILES string of the molecule is Cn1cc(CCNS(=O)(=O)Cc2ccccc2C#N)cn1. The summed E-state index contributed by atoms with van der Waals surface area (Å²) in [6.07, 6.45) is 4.13. The number of aromatic nitrogens is 2. The number of benzene rings is 1. The third-order valence-corrected chi connectivity index (χ3v) is 4.31. The molecule has 0 unspecified atom stereocenters. The van der Waals surface area contributed by atoms with Gasteiger partial charge in [0.1, 0.15) is 0 Å². The van der Waals surface area contributed by atoms with Gasteiger partial charge in [0.15, 0.2) is 0 Å². The van der Waals surface area contributed by atoms with Crippen molar-refractivity contribution in [3.05, 3.63) is 53.3 Å². The van der Waals surface area contributed by atoms with Gasteiger partial charge in [-0.05, 0) is 23.6 Å². The maximum atomic E-state index is 12.0. The van der Waals surface area contributed by atoms with Crippen LogP contribution in [0.2, 0.25) is 0 Å². The van der Waals surface area contributed by atoms with E-state index in [1.54, 1.807) is 35.1 Å². The molecule has 1 heterocycles. The second kappa shape index (κ2) is 6.52. The maximum Gasteiger partial charge on any atom is 0.215 e. The molecular formula is C14H16N4O2S. The van der Waals surface area contributed by atoms with Gasteiger partial charge in [0.2, 0.25) is 10.0 Å². The van der Waals surface area contributed by atoms with E-state index < -0.39 is 10.0 Å². The lowest BCUT2D eigenvalue weighted by Crippen LogP contribution is -2.27. The number of rotatable bonds is 6. The van der Waals surface area contributed by atoms with Crippen LogP contribution in [0.4, 0.5) is 0 Å². The average molecular weight is 304 g/mol. The molecule has 0 aliphatic heterocycles. The van der Waals surface area contributed by atoms with Crippen molar-refractivity contribution in [1.82, 2.24) is 14.5 Å². The predicted octanol–water partition coefficient (Wildman–Crippen LogP) is 0.954. The molecule has 1 N–H and O–H groups in total. The third-order valence-electron chi connectivity index (χ3n) is 2.98. The van der Waals surface area contributed by atoms with Crippen molar-refractivity contribution in [1.29, 1.82) is 5.26 Å². The molecular weight excluding hydrogens is 288 g/mol. The summed E-state index contributed by atoms with van der Waals surface area (Å²) in [4.78, 5) is 0. The zero-order chi connectivity index (χ0) is 15.3. The molecule has 6 nitrogen and oxygen atoms in total. The van der Waals surface area contributed by atoms with Gasteiger partial charge in [-0.1, -0.05) is 18.2 Å². The van der Waals surface area contributed by atoms with Crippen LogP contribution in [0.3, 0.4) is 0 Å². The molecule has 2 aromatic rings. The molecule has 0 saturated heterocycles. The molecule has 7 heteroatoms. The van der Waals surface area contributed by atoms with Crippen LogP contribution < -0.4 is 4.72 Å². The summed E-state index contributed by atoms with van der Waals surface area (Å²) in [5, 5.41) is 13.0. The highest BCUT2D eigenvalue weighted by atomic mass is 32.2. The van der Waals surface area contributed by atoms with Gasteiger partial charge in [-0.25, -0.2) is 13.1 Å². The van der Waals surface area contributed by atoms with Crippen molar-refractivity contribution in [3.8, 4) is 6.07 Å². The van der Waals surface area contributed by atoms with Crippen molar-refractivity contribution < 1.29 is 8.42 Å². The fourth-order valence-corrected chi connectivity index (χ4v) is 3.14. The Balaban J connectivity index is 1.94. The number of nitrogens with one attached hydrogen (secondary N) is 1. The predicted molar refractivity (Wildman–Crippen MR) is 78.7 cm³/mol. The van der Waals surface area contributed by atoms with E-state index in [0.717, 1.165) is 5.56 Å². The van der Waals surface area contributed by atoms with E-state index in [4.69, 9.17) is 5.26 Å². The van der Waals surface area contributed by atoms with Gasteiger partial charge < -0.3 is 0 Å². The van der Waals surface area contributed by atoms with Gasteiger partial charge in [-0.2, -0.15) is 10.4 Å². The molecule has 0 bridgehead atoms. The van der Waals surface area contributed by atoms with Crippen LogP contribution in [-0.2, 0) is 29.2 Å². The molecule has 0 spiro atoms. The minimum Gasteiger partial charge on any atom is -0.276 e. The van der Waals surface area contributed by atoms with Crippen molar-refractivity contribution >= 4 is 10.0 Å². The zero-order valence-corrected chi connectivity index (χ0v) is 12.5. The van der Waals surface area contributed by atoms with Gasteiger partial charge >= 0.3 is 0 Å². The molecule has 0 aliphatic carbocycles. The maximum absolute atomic E-state index is 12.0. The molecule has 0 atom stereocenters. The highest BCUT2D eigenvalue weighted by Gasteiger charge is 2.13. The van der Waals surface area contributed by atoms with Crippen LogP contribution in [0.15, 0.2) is 36.7 Å². The van der Waals surface area contributed by atoms with Gasteiger partial charge in [-0.15, -0.1) is 0 Å². The van der Waals surface area contributed by atoms with E-state index in [0.29, 0.717) is 24.1 Å². The van der Waals surface area contributed by atoms with Crippen LogP contribution in [0.5, 0.6) is 0 Å². The number of aryl methyl sites for hydroxylation is 1. The number of nitriles is 1. The fourth-order valence-electron chi connectivity index (χ4n) is 1.96. The Bertz CT molecular complexity index is 759. The molecule has 1 aromatic heterocycles. The second-order valence-electron chi connectivity index (χ2n) is 4.69. The molecule has 1 aromatic carbocycles. The van der Waals surface area contributed by atoms with E-state index >= 15 is 0 Å². The van der Waals surface area contributed by atoms with Gasteiger partial charge in [0.05, 0.1) is 23.6 Å². The quantitative estimate of drug-likeness (QED) is 0.861. The molecule has 0 fully saturated rings. The average Bonchev–Trinajstić information content (AvgIpc) is 2.84. The Kier molecular flexibility index (Phi) is 4.73. The van der Waals surface area contributed by atoms with Gasteiger partial charge in [-0.3, -0.25) is 4.68 Å². The third kappa shape index (κ3) is 4.41. The monoisotopic (exact) mass is 304 g/mol. The van der Waals surface area contributed by atoms with Crippen LogP contribution in [0, 0.1) is 11.3 Å². The van der Waals surface area contributed by atoms with Crippen molar-refractivity contribution in [2.45, 2.75) is 12.2 Å². The Hall–Kier alpha value is -2.17. The van der Waals surface area contributed by atoms with Crippen molar-refractivity contribution in [2.75, 3.05) is 6.54 Å². The molecule has 0 radical (unpaired) electrons. The first-order valence-corrected chi connectivity index (χ1v) is 8.08. The largest absolute Gasteiger partial charge is 0.276 e. The minimum atomic E-state index is -3.46. The molecule has 0 saturated carbocycles. The fraction of sp³-hybridized carbons (Fsp3) is 0.286. The van der Waals surface area contributed by atoms with Crippen molar-refractivity contribution in [2.24, 2.45) is 7.05 Å². The smallest absolute Gasteiger partial charge is 0.215 e. The lowest BCUT2D eigenvalue weighted by molar-refractivity contribution is 0.580. The van der Waals surface area contributed by atoms with E-state index in [1.165, 1.54) is 0 Å². The lowest BCUT2D eigenvalue weighted by atomic mass is 10.1. The summed E-state index contributed by atoms with van der Waals surface area (Å²) < 4.78 is 28.3. The van der Waals surface area contributed by atoms with Crippen molar-refractivity contribution in [3.63, 3.8) is 0 Å². The Morgan fingerprint density at radius 1 is 1.38 bits per heavy atom. The molecule has 0 aliphatic rings.